The fourth-order valence-corrected chi connectivity index (χ4v) is 5.76. The molecule has 2 N–H and O–H groups in total. The van der Waals surface area contributed by atoms with Crippen LogP contribution in [-0.2, 0) is 17.7 Å². The van der Waals surface area contributed by atoms with Crippen molar-refractivity contribution in [2.75, 3.05) is 49.5 Å². The molecule has 0 amide bonds. The molecule has 6 rings (SSSR count). The summed E-state index contributed by atoms with van der Waals surface area (Å²) in [5.74, 6) is 0.748. The van der Waals surface area contributed by atoms with Gasteiger partial charge in [0, 0.05) is 87.3 Å². The Morgan fingerprint density at radius 1 is 1.22 bits per heavy atom. The van der Waals surface area contributed by atoms with Gasteiger partial charge in [-0.3, -0.25) is 9.88 Å². The summed E-state index contributed by atoms with van der Waals surface area (Å²) in [6.45, 7) is 8.50. The van der Waals surface area contributed by atoms with Crippen molar-refractivity contribution in [3.63, 3.8) is 0 Å². The molecular formula is C27H32N8O. The number of pyridine rings is 1. The average Bonchev–Trinajstić information content (AvgIpc) is 3.34. The summed E-state index contributed by atoms with van der Waals surface area (Å²) in [5.41, 5.74) is 4.87. The van der Waals surface area contributed by atoms with Crippen molar-refractivity contribution in [1.82, 2.24) is 25.2 Å². The van der Waals surface area contributed by atoms with Gasteiger partial charge in [-0.15, -0.1) is 0 Å². The molecule has 0 aliphatic carbocycles. The van der Waals surface area contributed by atoms with Gasteiger partial charge in [-0.25, -0.2) is 9.97 Å². The molecular weight excluding hydrogens is 452 g/mol. The largest absolute Gasteiger partial charge is 0.370 e. The molecule has 0 bridgehead atoms. The first-order chi connectivity index (χ1) is 17.7. The van der Waals surface area contributed by atoms with Crippen LogP contribution in [0.1, 0.15) is 30.2 Å². The highest BCUT2D eigenvalue weighted by atomic mass is 16.5. The summed E-state index contributed by atoms with van der Waals surface area (Å²) < 4.78 is 6.37. The summed E-state index contributed by atoms with van der Waals surface area (Å²) in [7, 11) is 0. The van der Waals surface area contributed by atoms with E-state index in [9.17, 15) is 5.26 Å². The van der Waals surface area contributed by atoms with Gasteiger partial charge >= 0.3 is 0 Å². The van der Waals surface area contributed by atoms with Crippen LogP contribution in [-0.4, -0.2) is 77.4 Å². The lowest BCUT2D eigenvalue weighted by atomic mass is 10.1. The van der Waals surface area contributed by atoms with Crippen molar-refractivity contribution < 1.29 is 4.74 Å². The molecule has 3 aliphatic heterocycles. The summed E-state index contributed by atoms with van der Waals surface area (Å²) in [6.07, 6.45) is 5.98. The number of fused-ring (bicyclic) bond motifs is 2. The number of anilines is 2. The van der Waals surface area contributed by atoms with E-state index in [0.717, 1.165) is 86.9 Å². The number of likely N-dealkylation sites (tertiary alicyclic amines) is 1. The Morgan fingerprint density at radius 3 is 3.08 bits per heavy atom. The molecule has 1 aromatic carbocycles. The quantitative estimate of drug-likeness (QED) is 0.565. The Hall–Kier alpha value is -3.32. The van der Waals surface area contributed by atoms with E-state index in [2.05, 4.69) is 55.5 Å². The van der Waals surface area contributed by atoms with Crippen molar-refractivity contribution in [2.24, 2.45) is 0 Å². The minimum atomic E-state index is 0.113. The number of ether oxygens (including phenoxy) is 1. The summed E-state index contributed by atoms with van der Waals surface area (Å²) >= 11 is 0. The SMILES string of the molecule is CC1CN(c2ccc(C#N)c3ncccc23)CC(CN2CCC(Nc3ncc4c(n3)CCNC4)C2)O1. The Kier molecular flexibility index (Phi) is 6.40. The molecule has 186 valence electrons. The first-order valence-corrected chi connectivity index (χ1v) is 12.9. The van der Waals surface area contributed by atoms with Gasteiger partial charge in [0.25, 0.3) is 0 Å². The van der Waals surface area contributed by atoms with E-state index in [4.69, 9.17) is 9.72 Å². The van der Waals surface area contributed by atoms with Gasteiger partial charge in [0.1, 0.15) is 6.07 Å². The summed E-state index contributed by atoms with van der Waals surface area (Å²) in [4.78, 5) is 18.7. The molecule has 0 radical (unpaired) electrons. The number of hydrogen-bond donors (Lipinski definition) is 2. The minimum Gasteiger partial charge on any atom is -0.370 e. The first kappa shape index (κ1) is 23.1. The number of benzene rings is 1. The van der Waals surface area contributed by atoms with Crippen LogP contribution in [0.15, 0.2) is 36.7 Å². The zero-order valence-corrected chi connectivity index (χ0v) is 20.7. The second-order valence-electron chi connectivity index (χ2n) is 10.1. The molecule has 9 nitrogen and oxygen atoms in total. The van der Waals surface area contributed by atoms with Gasteiger partial charge in [0.2, 0.25) is 5.95 Å². The van der Waals surface area contributed by atoms with Crippen molar-refractivity contribution >= 4 is 22.5 Å². The smallest absolute Gasteiger partial charge is 0.223 e. The molecule has 9 heteroatoms. The maximum Gasteiger partial charge on any atom is 0.223 e. The fourth-order valence-electron chi connectivity index (χ4n) is 5.76. The highest BCUT2D eigenvalue weighted by Gasteiger charge is 2.31. The van der Waals surface area contributed by atoms with Crippen LogP contribution >= 0.6 is 0 Å². The van der Waals surface area contributed by atoms with Gasteiger partial charge in [-0.2, -0.15) is 5.26 Å². The van der Waals surface area contributed by atoms with E-state index in [-0.39, 0.29) is 12.2 Å². The molecule has 0 spiro atoms. The van der Waals surface area contributed by atoms with E-state index in [1.807, 2.05) is 18.3 Å². The lowest BCUT2D eigenvalue weighted by Crippen LogP contribution is -2.50. The Balaban J connectivity index is 1.10. The van der Waals surface area contributed by atoms with E-state index < -0.39 is 0 Å². The number of nitrogens with zero attached hydrogens (tertiary/aromatic N) is 6. The Morgan fingerprint density at radius 2 is 2.17 bits per heavy atom. The van der Waals surface area contributed by atoms with Crippen molar-refractivity contribution in [1.29, 1.82) is 5.26 Å². The predicted molar refractivity (Wildman–Crippen MR) is 139 cm³/mol. The third-order valence-corrected chi connectivity index (χ3v) is 7.41. The Bertz CT molecular complexity index is 1290. The lowest BCUT2D eigenvalue weighted by Gasteiger charge is -2.40. The molecule has 2 saturated heterocycles. The first-order valence-electron chi connectivity index (χ1n) is 12.9. The fraction of sp³-hybridized carbons (Fsp3) is 0.481. The lowest BCUT2D eigenvalue weighted by molar-refractivity contribution is -0.0294. The van der Waals surface area contributed by atoms with E-state index in [0.29, 0.717) is 11.6 Å². The topological polar surface area (TPSA) is 102 Å². The second kappa shape index (κ2) is 9.97. The van der Waals surface area contributed by atoms with Crippen LogP contribution in [0.2, 0.25) is 0 Å². The normalized spacial score (nSPS) is 24.4. The second-order valence-corrected chi connectivity index (χ2v) is 10.1. The molecule has 0 saturated carbocycles. The summed E-state index contributed by atoms with van der Waals surface area (Å²) in [5, 5.41) is 17.5. The van der Waals surface area contributed by atoms with E-state index in [1.165, 1.54) is 5.56 Å². The van der Waals surface area contributed by atoms with Crippen LogP contribution in [0.3, 0.4) is 0 Å². The molecule has 36 heavy (non-hydrogen) atoms. The Labute approximate surface area is 211 Å². The molecule has 3 unspecified atom stereocenters. The molecule has 3 aromatic rings. The van der Waals surface area contributed by atoms with Crippen LogP contribution in [0, 0.1) is 11.3 Å². The third kappa shape index (κ3) is 4.72. The number of rotatable bonds is 5. The summed E-state index contributed by atoms with van der Waals surface area (Å²) in [6, 6.07) is 10.6. The molecule has 5 heterocycles. The standard InChI is InChI=1S/C27H32N8O/c1-18-14-35(25-5-4-19(11-28)26-23(25)3-2-8-30-26)17-22(36-18)16-34-10-7-21(15-34)32-27-31-13-20-12-29-9-6-24(20)33-27/h2-5,8,13,18,21-22,29H,6-7,9-10,12,14-17H2,1H3,(H,31,32,33). The van der Waals surface area contributed by atoms with Crippen LogP contribution in [0.4, 0.5) is 11.6 Å². The number of nitriles is 1. The van der Waals surface area contributed by atoms with Gasteiger partial charge in [0.05, 0.1) is 29.0 Å². The highest BCUT2D eigenvalue weighted by Crippen LogP contribution is 2.30. The van der Waals surface area contributed by atoms with Crippen molar-refractivity contribution in [3.8, 4) is 6.07 Å². The molecule has 3 atom stereocenters. The molecule has 3 aliphatic rings. The number of morpholine rings is 1. The van der Waals surface area contributed by atoms with Crippen LogP contribution in [0.25, 0.3) is 10.9 Å². The minimum absolute atomic E-state index is 0.113. The van der Waals surface area contributed by atoms with Crippen LogP contribution < -0.4 is 15.5 Å². The molecule has 2 fully saturated rings. The number of aromatic nitrogens is 3. The maximum atomic E-state index is 9.50. The van der Waals surface area contributed by atoms with Gasteiger partial charge in [-0.1, -0.05) is 0 Å². The highest BCUT2D eigenvalue weighted by molar-refractivity contribution is 5.95. The average molecular weight is 485 g/mol. The van der Waals surface area contributed by atoms with Crippen LogP contribution in [0.5, 0.6) is 0 Å². The zero-order chi connectivity index (χ0) is 24.5. The predicted octanol–water partition coefficient (Wildman–Crippen LogP) is 2.32. The monoisotopic (exact) mass is 484 g/mol. The van der Waals surface area contributed by atoms with E-state index >= 15 is 0 Å². The third-order valence-electron chi connectivity index (χ3n) is 7.41. The maximum absolute atomic E-state index is 9.50. The number of nitrogens with one attached hydrogen (secondary N) is 2. The molecule has 2 aromatic heterocycles. The van der Waals surface area contributed by atoms with Crippen molar-refractivity contribution in [2.45, 2.75) is 44.6 Å². The van der Waals surface area contributed by atoms with Crippen molar-refractivity contribution in [3.05, 3.63) is 53.5 Å². The van der Waals surface area contributed by atoms with E-state index in [1.54, 1.807) is 6.20 Å². The van der Waals surface area contributed by atoms with Gasteiger partial charge in [-0.05, 0) is 37.6 Å². The zero-order valence-electron chi connectivity index (χ0n) is 20.7. The van der Waals surface area contributed by atoms with Gasteiger partial charge < -0.3 is 20.3 Å². The van der Waals surface area contributed by atoms with Gasteiger partial charge in [0.15, 0.2) is 0 Å². The number of hydrogen-bond acceptors (Lipinski definition) is 9.